The molecule has 0 aliphatic carbocycles. The van der Waals surface area contributed by atoms with Crippen molar-refractivity contribution in [1.29, 1.82) is 0 Å². The molecule has 122 valence electrons. The molecule has 1 atom stereocenters. The number of hydrogen-bond donors (Lipinski definition) is 1. The topological polar surface area (TPSA) is 24.9 Å². The molecule has 0 aliphatic rings. The van der Waals surface area contributed by atoms with Crippen molar-refractivity contribution in [1.82, 2.24) is 10.3 Å². The summed E-state index contributed by atoms with van der Waals surface area (Å²) in [4.78, 5) is 5.59. The van der Waals surface area contributed by atoms with Crippen LogP contribution in [0.2, 0.25) is 0 Å². The van der Waals surface area contributed by atoms with Crippen molar-refractivity contribution in [2.24, 2.45) is 0 Å². The van der Waals surface area contributed by atoms with E-state index < -0.39 is 0 Å². The number of aromatic nitrogens is 1. The maximum atomic E-state index is 4.18. The Hall–Kier alpha value is -0.410. The highest BCUT2D eigenvalue weighted by molar-refractivity contribution is 7.09. The Kier molecular flexibility index (Phi) is 11.8. The maximum absolute atomic E-state index is 4.18. The highest BCUT2D eigenvalue weighted by Crippen LogP contribution is 2.15. The van der Waals surface area contributed by atoms with Crippen LogP contribution in [-0.2, 0) is 6.42 Å². The van der Waals surface area contributed by atoms with Crippen molar-refractivity contribution in [3.05, 3.63) is 16.6 Å². The Labute approximate surface area is 135 Å². The standard InChI is InChI=1S/C18H34N2S/c1-3-5-6-7-8-9-10-11-12-13-17(20-4-2)14-18-15-19-16-21-18/h15-17,20H,3-14H2,1-2H3. The molecule has 2 nitrogen and oxygen atoms in total. The van der Waals surface area contributed by atoms with Gasteiger partial charge in [0.2, 0.25) is 0 Å². The summed E-state index contributed by atoms with van der Waals surface area (Å²) in [5.74, 6) is 0. The van der Waals surface area contributed by atoms with Gasteiger partial charge < -0.3 is 5.32 Å². The Bertz CT molecular complexity index is 311. The zero-order valence-electron chi connectivity index (χ0n) is 14.1. The third-order valence-electron chi connectivity index (χ3n) is 4.08. The molecule has 3 heteroatoms. The summed E-state index contributed by atoms with van der Waals surface area (Å²) in [5.41, 5.74) is 1.94. The number of unbranched alkanes of at least 4 members (excludes halogenated alkanes) is 8. The lowest BCUT2D eigenvalue weighted by Gasteiger charge is -2.16. The minimum Gasteiger partial charge on any atom is -0.314 e. The summed E-state index contributed by atoms with van der Waals surface area (Å²) in [7, 11) is 0. The third-order valence-corrected chi connectivity index (χ3v) is 4.88. The van der Waals surface area contributed by atoms with Gasteiger partial charge in [-0.05, 0) is 19.4 Å². The van der Waals surface area contributed by atoms with Crippen molar-refractivity contribution in [3.8, 4) is 0 Å². The van der Waals surface area contributed by atoms with Crippen molar-refractivity contribution < 1.29 is 0 Å². The monoisotopic (exact) mass is 310 g/mol. The average Bonchev–Trinajstić information content (AvgIpc) is 2.98. The molecule has 1 unspecified atom stereocenters. The number of likely N-dealkylation sites (N-methyl/N-ethyl adjacent to an activating group) is 1. The van der Waals surface area contributed by atoms with Gasteiger partial charge in [-0.25, -0.2) is 0 Å². The lowest BCUT2D eigenvalue weighted by atomic mass is 10.0. The van der Waals surface area contributed by atoms with Crippen molar-refractivity contribution in [2.75, 3.05) is 6.54 Å². The molecule has 1 heterocycles. The highest BCUT2D eigenvalue weighted by atomic mass is 32.1. The Morgan fingerprint density at radius 3 is 2.24 bits per heavy atom. The summed E-state index contributed by atoms with van der Waals surface area (Å²) < 4.78 is 0. The molecule has 0 amide bonds. The lowest BCUT2D eigenvalue weighted by molar-refractivity contribution is 0.460. The molecule has 21 heavy (non-hydrogen) atoms. The molecule has 1 N–H and O–H groups in total. The van der Waals surface area contributed by atoms with Gasteiger partial charge in [-0.1, -0.05) is 71.6 Å². The van der Waals surface area contributed by atoms with Crippen LogP contribution in [0.3, 0.4) is 0 Å². The van der Waals surface area contributed by atoms with Gasteiger partial charge in [0.15, 0.2) is 0 Å². The van der Waals surface area contributed by atoms with Crippen LogP contribution in [0.1, 0.15) is 82.9 Å². The van der Waals surface area contributed by atoms with Crippen LogP contribution in [0.4, 0.5) is 0 Å². The zero-order chi connectivity index (χ0) is 15.2. The molecule has 0 aliphatic heterocycles. The lowest BCUT2D eigenvalue weighted by Crippen LogP contribution is -2.30. The molecule has 0 bridgehead atoms. The predicted octanol–water partition coefficient (Wildman–Crippen LogP) is 5.58. The van der Waals surface area contributed by atoms with E-state index in [2.05, 4.69) is 24.1 Å². The van der Waals surface area contributed by atoms with Crippen LogP contribution in [0.25, 0.3) is 0 Å². The molecule has 0 radical (unpaired) electrons. The van der Waals surface area contributed by atoms with E-state index in [-0.39, 0.29) is 0 Å². The number of rotatable bonds is 14. The second kappa shape index (κ2) is 13.3. The Balaban J connectivity index is 2.00. The summed E-state index contributed by atoms with van der Waals surface area (Å²) in [5, 5.41) is 3.63. The second-order valence-corrected chi connectivity index (χ2v) is 7.01. The molecular weight excluding hydrogens is 276 g/mol. The molecule has 0 fully saturated rings. The quantitative estimate of drug-likeness (QED) is 0.453. The van der Waals surface area contributed by atoms with E-state index in [1.807, 2.05) is 11.7 Å². The van der Waals surface area contributed by atoms with Gasteiger partial charge in [0.25, 0.3) is 0 Å². The molecule has 1 rings (SSSR count). The first-order chi connectivity index (χ1) is 10.4. The summed E-state index contributed by atoms with van der Waals surface area (Å²) in [6.07, 6.45) is 17.2. The van der Waals surface area contributed by atoms with Crippen LogP contribution < -0.4 is 5.32 Å². The number of hydrogen-bond acceptors (Lipinski definition) is 3. The molecular formula is C18H34N2S. The highest BCUT2D eigenvalue weighted by Gasteiger charge is 2.09. The van der Waals surface area contributed by atoms with Gasteiger partial charge in [0.1, 0.15) is 0 Å². The van der Waals surface area contributed by atoms with E-state index in [0.717, 1.165) is 13.0 Å². The minimum atomic E-state index is 0.639. The predicted molar refractivity (Wildman–Crippen MR) is 95.1 cm³/mol. The van der Waals surface area contributed by atoms with E-state index in [9.17, 15) is 0 Å². The normalized spacial score (nSPS) is 12.7. The number of nitrogens with zero attached hydrogens (tertiary/aromatic N) is 1. The fourth-order valence-corrected chi connectivity index (χ4v) is 3.53. The summed E-state index contributed by atoms with van der Waals surface area (Å²) in [6.45, 7) is 5.56. The molecule has 0 spiro atoms. The largest absolute Gasteiger partial charge is 0.314 e. The third kappa shape index (κ3) is 10.0. The molecule has 0 aromatic carbocycles. The summed E-state index contributed by atoms with van der Waals surface area (Å²) >= 11 is 1.78. The van der Waals surface area contributed by atoms with Gasteiger partial charge >= 0.3 is 0 Å². The van der Waals surface area contributed by atoms with Crippen LogP contribution in [0.15, 0.2) is 11.7 Å². The number of thiazole rings is 1. The van der Waals surface area contributed by atoms with Gasteiger partial charge in [-0.15, -0.1) is 11.3 Å². The van der Waals surface area contributed by atoms with Gasteiger partial charge in [-0.2, -0.15) is 0 Å². The molecule has 0 saturated carbocycles. The average molecular weight is 311 g/mol. The van der Waals surface area contributed by atoms with Crippen LogP contribution in [-0.4, -0.2) is 17.6 Å². The smallest absolute Gasteiger partial charge is 0.0794 e. The Morgan fingerprint density at radius 2 is 1.67 bits per heavy atom. The fourth-order valence-electron chi connectivity index (χ4n) is 2.85. The minimum absolute atomic E-state index is 0.639. The maximum Gasteiger partial charge on any atom is 0.0794 e. The molecule has 1 aromatic rings. The van der Waals surface area contributed by atoms with Gasteiger partial charge in [0, 0.05) is 17.1 Å². The SMILES string of the molecule is CCCCCCCCCCCC(Cc1cncs1)NCC. The van der Waals surface area contributed by atoms with E-state index in [0.29, 0.717) is 6.04 Å². The van der Waals surface area contributed by atoms with Crippen LogP contribution in [0.5, 0.6) is 0 Å². The van der Waals surface area contributed by atoms with E-state index in [1.54, 1.807) is 11.3 Å². The molecule has 0 saturated heterocycles. The first-order valence-electron chi connectivity index (χ1n) is 8.97. The first-order valence-corrected chi connectivity index (χ1v) is 9.85. The second-order valence-electron chi connectivity index (χ2n) is 6.04. The van der Waals surface area contributed by atoms with Gasteiger partial charge in [0.05, 0.1) is 5.51 Å². The fraction of sp³-hybridized carbons (Fsp3) is 0.833. The van der Waals surface area contributed by atoms with Crippen molar-refractivity contribution >= 4 is 11.3 Å². The Morgan fingerprint density at radius 1 is 1.00 bits per heavy atom. The van der Waals surface area contributed by atoms with Crippen LogP contribution >= 0.6 is 11.3 Å². The van der Waals surface area contributed by atoms with E-state index in [4.69, 9.17) is 0 Å². The first kappa shape index (κ1) is 18.6. The molecule has 1 aromatic heterocycles. The zero-order valence-corrected chi connectivity index (χ0v) is 14.9. The van der Waals surface area contributed by atoms with Gasteiger partial charge in [-0.3, -0.25) is 4.98 Å². The van der Waals surface area contributed by atoms with E-state index >= 15 is 0 Å². The van der Waals surface area contributed by atoms with Crippen molar-refractivity contribution in [3.63, 3.8) is 0 Å². The van der Waals surface area contributed by atoms with Crippen LogP contribution in [0, 0.1) is 0 Å². The summed E-state index contributed by atoms with van der Waals surface area (Å²) in [6, 6.07) is 0.639. The van der Waals surface area contributed by atoms with Crippen molar-refractivity contribution in [2.45, 2.75) is 90.5 Å². The van der Waals surface area contributed by atoms with E-state index in [1.165, 1.54) is 69.1 Å². The number of nitrogens with one attached hydrogen (secondary N) is 1.